The number of nitrogens with zero attached hydrogens (tertiary/aromatic N) is 1. The van der Waals surface area contributed by atoms with E-state index in [2.05, 4.69) is 4.90 Å². The van der Waals surface area contributed by atoms with Gasteiger partial charge in [0.2, 0.25) is 5.43 Å². The fourth-order valence-corrected chi connectivity index (χ4v) is 3.56. The minimum Gasteiger partial charge on any atom is -0.456 e. The van der Waals surface area contributed by atoms with Crippen LogP contribution < -0.4 is 5.43 Å². The quantitative estimate of drug-likeness (QED) is 0.535. The molecule has 0 saturated carbocycles. The van der Waals surface area contributed by atoms with Gasteiger partial charge in [0.05, 0.1) is 29.5 Å². The Morgan fingerprint density at radius 3 is 2.46 bits per heavy atom. The first-order chi connectivity index (χ1) is 12.5. The summed E-state index contributed by atoms with van der Waals surface area (Å²) in [6.07, 6.45) is 0. The number of rotatable bonds is 3. The van der Waals surface area contributed by atoms with Crippen LogP contribution in [-0.4, -0.2) is 42.5 Å². The molecule has 5 heteroatoms. The van der Waals surface area contributed by atoms with Crippen LogP contribution in [0.2, 0.25) is 0 Å². The van der Waals surface area contributed by atoms with E-state index in [1.54, 1.807) is 30.3 Å². The van der Waals surface area contributed by atoms with Gasteiger partial charge in [-0.2, -0.15) is 0 Å². The van der Waals surface area contributed by atoms with Crippen LogP contribution in [0.25, 0.3) is 21.9 Å². The highest BCUT2D eigenvalue weighted by atomic mass is 16.5. The summed E-state index contributed by atoms with van der Waals surface area (Å²) in [5, 5.41) is 0.962. The smallest absolute Gasteiger partial charge is 0.200 e. The molecule has 0 bridgehead atoms. The molecule has 26 heavy (non-hydrogen) atoms. The average molecular weight is 351 g/mol. The van der Waals surface area contributed by atoms with E-state index in [0.717, 1.165) is 13.1 Å². The van der Waals surface area contributed by atoms with Crippen LogP contribution >= 0.6 is 0 Å². The van der Waals surface area contributed by atoms with E-state index in [1.807, 2.05) is 26.0 Å². The molecule has 1 aliphatic heterocycles. The van der Waals surface area contributed by atoms with Gasteiger partial charge in [-0.15, -0.1) is 0 Å². The zero-order valence-corrected chi connectivity index (χ0v) is 15.0. The Labute approximate surface area is 151 Å². The molecule has 0 unspecified atom stereocenters. The highest BCUT2D eigenvalue weighted by Gasteiger charge is 2.36. The third-order valence-electron chi connectivity index (χ3n) is 5.20. The number of Topliss-reactive ketones (excluding diaryl/α,β-unsaturated/α-hetero) is 1. The van der Waals surface area contributed by atoms with E-state index in [1.165, 1.54) is 0 Å². The molecule has 2 heterocycles. The first-order valence-corrected chi connectivity index (χ1v) is 8.82. The maximum atomic E-state index is 13.2. The van der Waals surface area contributed by atoms with E-state index in [9.17, 15) is 9.59 Å². The van der Waals surface area contributed by atoms with Gasteiger partial charge >= 0.3 is 0 Å². The number of carbonyl (C=O) groups is 1. The predicted molar refractivity (Wildman–Crippen MR) is 101 cm³/mol. The summed E-state index contributed by atoms with van der Waals surface area (Å²) >= 11 is 0. The molecular formula is C21H21NO4. The second kappa shape index (κ2) is 6.34. The standard InChI is InChI=1S/C21H21NO4/c1-21(2,22-9-11-25-12-10-22)20(24)14-7-8-18-16(13-14)19(23)15-5-3-4-6-17(15)26-18/h3-8,13H,9-12H2,1-2H3. The lowest BCUT2D eigenvalue weighted by Crippen LogP contribution is -2.54. The second-order valence-electron chi connectivity index (χ2n) is 7.13. The van der Waals surface area contributed by atoms with Crippen LogP contribution in [0.4, 0.5) is 0 Å². The van der Waals surface area contributed by atoms with Crippen molar-refractivity contribution in [2.75, 3.05) is 26.3 Å². The molecule has 1 fully saturated rings. The largest absolute Gasteiger partial charge is 0.456 e. The van der Waals surface area contributed by atoms with Crippen molar-refractivity contribution in [2.24, 2.45) is 0 Å². The molecule has 1 aliphatic rings. The Bertz CT molecular complexity index is 1040. The first kappa shape index (κ1) is 16.9. The molecule has 0 N–H and O–H groups in total. The molecule has 0 radical (unpaired) electrons. The fourth-order valence-electron chi connectivity index (χ4n) is 3.56. The van der Waals surface area contributed by atoms with Crippen molar-refractivity contribution in [3.05, 3.63) is 58.3 Å². The fraction of sp³-hybridized carbons (Fsp3) is 0.333. The zero-order chi connectivity index (χ0) is 18.3. The van der Waals surface area contributed by atoms with Crippen molar-refractivity contribution in [3.8, 4) is 0 Å². The summed E-state index contributed by atoms with van der Waals surface area (Å²) in [6, 6.07) is 12.3. The number of ketones is 1. The monoisotopic (exact) mass is 351 g/mol. The van der Waals surface area contributed by atoms with Crippen molar-refractivity contribution in [1.29, 1.82) is 0 Å². The molecule has 5 nitrogen and oxygen atoms in total. The van der Waals surface area contributed by atoms with Gasteiger partial charge in [0, 0.05) is 18.7 Å². The van der Waals surface area contributed by atoms with E-state index in [0.29, 0.717) is 40.7 Å². The van der Waals surface area contributed by atoms with Gasteiger partial charge in [-0.05, 0) is 44.2 Å². The van der Waals surface area contributed by atoms with Crippen molar-refractivity contribution in [2.45, 2.75) is 19.4 Å². The topological polar surface area (TPSA) is 59.8 Å². The highest BCUT2D eigenvalue weighted by molar-refractivity contribution is 6.05. The SMILES string of the molecule is CC(C)(C(=O)c1ccc2oc3ccccc3c(=O)c2c1)N1CCOCC1. The summed E-state index contributed by atoms with van der Waals surface area (Å²) < 4.78 is 11.2. The lowest BCUT2D eigenvalue weighted by molar-refractivity contribution is -0.00429. The van der Waals surface area contributed by atoms with Crippen LogP contribution in [0.3, 0.4) is 0 Å². The van der Waals surface area contributed by atoms with Gasteiger partial charge in [-0.3, -0.25) is 14.5 Å². The van der Waals surface area contributed by atoms with E-state index in [-0.39, 0.29) is 11.2 Å². The Kier molecular flexibility index (Phi) is 4.13. The summed E-state index contributed by atoms with van der Waals surface area (Å²) in [7, 11) is 0. The molecule has 0 amide bonds. The Morgan fingerprint density at radius 1 is 1.00 bits per heavy atom. The van der Waals surface area contributed by atoms with Crippen molar-refractivity contribution in [3.63, 3.8) is 0 Å². The molecule has 134 valence electrons. The van der Waals surface area contributed by atoms with Crippen LogP contribution in [-0.2, 0) is 4.74 Å². The van der Waals surface area contributed by atoms with Crippen molar-refractivity contribution in [1.82, 2.24) is 4.90 Å². The van der Waals surface area contributed by atoms with E-state index >= 15 is 0 Å². The van der Waals surface area contributed by atoms with Crippen molar-refractivity contribution >= 4 is 27.7 Å². The van der Waals surface area contributed by atoms with E-state index in [4.69, 9.17) is 9.15 Å². The lowest BCUT2D eigenvalue weighted by atomic mass is 9.90. The first-order valence-electron chi connectivity index (χ1n) is 8.82. The maximum Gasteiger partial charge on any atom is 0.200 e. The molecule has 2 aromatic carbocycles. The molecule has 4 rings (SSSR count). The summed E-state index contributed by atoms with van der Waals surface area (Å²) in [6.45, 7) is 6.55. The Hall–Kier alpha value is -2.50. The maximum absolute atomic E-state index is 13.2. The van der Waals surface area contributed by atoms with Crippen molar-refractivity contribution < 1.29 is 13.9 Å². The third-order valence-corrected chi connectivity index (χ3v) is 5.20. The minimum absolute atomic E-state index is 0.00569. The number of benzene rings is 2. The lowest BCUT2D eigenvalue weighted by Gasteiger charge is -2.39. The minimum atomic E-state index is -0.658. The molecular weight excluding hydrogens is 330 g/mol. The number of hydrogen-bond donors (Lipinski definition) is 0. The molecule has 1 saturated heterocycles. The molecule has 0 atom stereocenters. The van der Waals surface area contributed by atoms with E-state index < -0.39 is 5.54 Å². The molecule has 1 aromatic heterocycles. The number of ether oxygens (including phenoxy) is 1. The Morgan fingerprint density at radius 2 is 1.69 bits per heavy atom. The van der Waals surface area contributed by atoms with Gasteiger partial charge in [0.15, 0.2) is 5.78 Å². The van der Waals surface area contributed by atoms with Crippen LogP contribution in [0.1, 0.15) is 24.2 Å². The average Bonchev–Trinajstić information content (AvgIpc) is 2.68. The highest BCUT2D eigenvalue weighted by Crippen LogP contribution is 2.25. The zero-order valence-electron chi connectivity index (χ0n) is 15.0. The summed E-state index contributed by atoms with van der Waals surface area (Å²) in [5.41, 5.74) is 0.804. The number of fused-ring (bicyclic) bond motifs is 2. The normalized spacial score (nSPS) is 16.2. The summed E-state index contributed by atoms with van der Waals surface area (Å²) in [4.78, 5) is 28.1. The summed E-state index contributed by atoms with van der Waals surface area (Å²) in [5.74, 6) is -0.00569. The second-order valence-corrected chi connectivity index (χ2v) is 7.13. The van der Waals surface area contributed by atoms with Gasteiger partial charge in [0.1, 0.15) is 11.2 Å². The number of morpholine rings is 1. The van der Waals surface area contributed by atoms with Gasteiger partial charge in [-0.25, -0.2) is 0 Å². The van der Waals surface area contributed by atoms with Crippen LogP contribution in [0, 0.1) is 0 Å². The molecule has 0 aliphatic carbocycles. The van der Waals surface area contributed by atoms with Gasteiger partial charge < -0.3 is 9.15 Å². The number of hydrogen-bond acceptors (Lipinski definition) is 5. The van der Waals surface area contributed by atoms with Gasteiger partial charge in [-0.1, -0.05) is 12.1 Å². The number of para-hydroxylation sites is 1. The third kappa shape index (κ3) is 2.73. The van der Waals surface area contributed by atoms with Gasteiger partial charge in [0.25, 0.3) is 0 Å². The number of carbonyl (C=O) groups excluding carboxylic acids is 1. The van der Waals surface area contributed by atoms with Crippen LogP contribution in [0.5, 0.6) is 0 Å². The predicted octanol–water partition coefficient (Wildman–Crippen LogP) is 3.24. The molecule has 3 aromatic rings. The Balaban J connectivity index is 1.79. The van der Waals surface area contributed by atoms with Crippen LogP contribution in [0.15, 0.2) is 51.7 Å². The molecule has 0 spiro atoms.